The molecule has 0 aliphatic carbocycles. The summed E-state index contributed by atoms with van der Waals surface area (Å²) in [4.78, 5) is 22.8. The first kappa shape index (κ1) is 23.1. The highest BCUT2D eigenvalue weighted by Gasteiger charge is 2.45. The molecule has 1 fully saturated rings. The zero-order chi connectivity index (χ0) is 21.4. The lowest BCUT2D eigenvalue weighted by atomic mass is 9.97. The highest BCUT2D eigenvalue weighted by Crippen LogP contribution is 2.22. The fourth-order valence-corrected chi connectivity index (χ4v) is 2.78. The van der Waals surface area contributed by atoms with Crippen LogP contribution in [0, 0.1) is 0 Å². The number of carbonyl (C=O) groups excluding carboxylic acids is 2. The van der Waals surface area contributed by atoms with Gasteiger partial charge in [-0.25, -0.2) is 4.68 Å². The first-order valence-corrected chi connectivity index (χ1v) is 9.01. The first-order chi connectivity index (χ1) is 13.8. The van der Waals surface area contributed by atoms with Crippen LogP contribution in [0.4, 0.5) is 0 Å². The number of hydrogen-bond acceptors (Lipinski definition) is 10. The smallest absolute Gasteiger partial charge is 0.246 e. The maximum Gasteiger partial charge on any atom is 0.246 e. The summed E-state index contributed by atoms with van der Waals surface area (Å²) in [7, 11) is 1.42. The zero-order valence-corrected chi connectivity index (χ0v) is 16.2. The maximum atomic E-state index is 11.4. The SMILES string of the molecule is COCC(=O)NCc1cn(CCOC2OC(CO)C(O)C(O)C2NC(C)=O)nn1. The average Bonchev–Trinajstić information content (AvgIpc) is 3.13. The highest BCUT2D eigenvalue weighted by molar-refractivity contribution is 5.77. The lowest BCUT2D eigenvalue weighted by Gasteiger charge is -2.42. The van der Waals surface area contributed by atoms with Gasteiger partial charge in [-0.05, 0) is 0 Å². The molecule has 0 bridgehead atoms. The van der Waals surface area contributed by atoms with Crippen LogP contribution in [0.5, 0.6) is 0 Å². The van der Waals surface area contributed by atoms with Crippen LogP contribution in [0.25, 0.3) is 0 Å². The molecule has 13 nitrogen and oxygen atoms in total. The van der Waals surface area contributed by atoms with Gasteiger partial charge < -0.3 is 40.2 Å². The summed E-state index contributed by atoms with van der Waals surface area (Å²) in [5, 5.41) is 42.4. The van der Waals surface area contributed by atoms with Gasteiger partial charge in [0, 0.05) is 14.0 Å². The Morgan fingerprint density at radius 1 is 1.34 bits per heavy atom. The number of methoxy groups -OCH3 is 1. The number of rotatable bonds is 10. The van der Waals surface area contributed by atoms with Crippen molar-refractivity contribution >= 4 is 11.8 Å². The predicted octanol–water partition coefficient (Wildman–Crippen LogP) is -3.50. The van der Waals surface area contributed by atoms with Gasteiger partial charge in [0.05, 0.1) is 32.5 Å². The summed E-state index contributed by atoms with van der Waals surface area (Å²) < 4.78 is 17.3. The van der Waals surface area contributed by atoms with E-state index in [2.05, 4.69) is 20.9 Å². The molecule has 1 aromatic rings. The van der Waals surface area contributed by atoms with Crippen LogP contribution in [0.3, 0.4) is 0 Å². The molecule has 0 radical (unpaired) electrons. The van der Waals surface area contributed by atoms with Crippen molar-refractivity contribution in [1.82, 2.24) is 25.6 Å². The monoisotopic (exact) mass is 417 g/mol. The standard InChI is InChI=1S/C16H27N5O8/c1-9(23)18-13-15(26)14(25)11(7-22)29-16(13)28-4-3-21-6-10(19-20-21)5-17-12(24)8-27-2/h6,11,13-16,22,25-26H,3-5,7-8H2,1-2H3,(H,17,24)(H,18,23). The summed E-state index contributed by atoms with van der Waals surface area (Å²) in [5.74, 6) is -0.708. The number of nitrogens with zero attached hydrogens (tertiary/aromatic N) is 3. The van der Waals surface area contributed by atoms with E-state index in [0.717, 1.165) is 0 Å². The number of ether oxygens (including phenoxy) is 3. The molecular formula is C16H27N5O8. The van der Waals surface area contributed by atoms with Crippen molar-refractivity contribution in [2.75, 3.05) is 26.9 Å². The Morgan fingerprint density at radius 3 is 2.76 bits per heavy atom. The van der Waals surface area contributed by atoms with E-state index >= 15 is 0 Å². The van der Waals surface area contributed by atoms with Crippen molar-refractivity contribution in [2.45, 2.75) is 50.7 Å². The van der Waals surface area contributed by atoms with Gasteiger partial charge in [0.2, 0.25) is 11.8 Å². The molecule has 0 aromatic carbocycles. The van der Waals surface area contributed by atoms with Crippen molar-refractivity contribution in [1.29, 1.82) is 0 Å². The number of hydrogen-bond donors (Lipinski definition) is 5. The van der Waals surface area contributed by atoms with Crippen LogP contribution < -0.4 is 10.6 Å². The third kappa shape index (κ3) is 6.69. The molecule has 5 atom stereocenters. The van der Waals surface area contributed by atoms with E-state index in [4.69, 9.17) is 14.2 Å². The molecule has 2 heterocycles. The second-order valence-corrected chi connectivity index (χ2v) is 6.49. The molecule has 0 spiro atoms. The second-order valence-electron chi connectivity index (χ2n) is 6.49. The minimum atomic E-state index is -1.37. The van der Waals surface area contributed by atoms with Crippen LogP contribution in [0.15, 0.2) is 6.20 Å². The minimum Gasteiger partial charge on any atom is -0.394 e. The van der Waals surface area contributed by atoms with E-state index in [1.165, 1.54) is 18.7 Å². The number of aliphatic hydroxyl groups is 3. The number of amides is 2. The molecule has 164 valence electrons. The quantitative estimate of drug-likeness (QED) is 0.257. The van der Waals surface area contributed by atoms with Crippen LogP contribution in [0.2, 0.25) is 0 Å². The summed E-state index contributed by atoms with van der Waals surface area (Å²) in [6.45, 7) is 1.24. The van der Waals surface area contributed by atoms with Crippen molar-refractivity contribution in [3.05, 3.63) is 11.9 Å². The zero-order valence-electron chi connectivity index (χ0n) is 16.2. The van der Waals surface area contributed by atoms with E-state index in [1.54, 1.807) is 6.20 Å². The van der Waals surface area contributed by atoms with Gasteiger partial charge in [0.15, 0.2) is 6.29 Å². The number of carbonyl (C=O) groups is 2. The van der Waals surface area contributed by atoms with Gasteiger partial charge in [0.25, 0.3) is 0 Å². The van der Waals surface area contributed by atoms with E-state index in [0.29, 0.717) is 5.69 Å². The molecule has 13 heteroatoms. The van der Waals surface area contributed by atoms with E-state index in [1.807, 2.05) is 0 Å². The summed E-state index contributed by atoms with van der Waals surface area (Å²) in [6, 6.07) is -1.01. The van der Waals surface area contributed by atoms with E-state index < -0.39 is 43.2 Å². The molecule has 2 rings (SSSR count). The molecule has 5 unspecified atom stereocenters. The largest absolute Gasteiger partial charge is 0.394 e. The lowest BCUT2D eigenvalue weighted by molar-refractivity contribution is -0.270. The Bertz CT molecular complexity index is 671. The van der Waals surface area contributed by atoms with Gasteiger partial charge in [0.1, 0.15) is 36.7 Å². The second kappa shape index (κ2) is 11.1. The molecule has 1 aliphatic rings. The fraction of sp³-hybridized carbons (Fsp3) is 0.750. The Morgan fingerprint density at radius 2 is 2.10 bits per heavy atom. The third-order valence-corrected chi connectivity index (χ3v) is 4.18. The van der Waals surface area contributed by atoms with Crippen LogP contribution in [-0.2, 0) is 36.9 Å². The van der Waals surface area contributed by atoms with Gasteiger partial charge >= 0.3 is 0 Å². The normalized spacial score (nSPS) is 26.9. The summed E-state index contributed by atoms with van der Waals surface area (Å²) >= 11 is 0. The molecule has 5 N–H and O–H groups in total. The minimum absolute atomic E-state index is 0.0474. The Hall–Kier alpha value is -2.16. The molecule has 1 aromatic heterocycles. The lowest BCUT2D eigenvalue weighted by Crippen LogP contribution is -2.64. The summed E-state index contributed by atoms with van der Waals surface area (Å²) in [6.07, 6.45) is -3.25. The Labute approximate surface area is 166 Å². The number of aliphatic hydroxyl groups excluding tert-OH is 3. The van der Waals surface area contributed by atoms with Gasteiger partial charge in [-0.2, -0.15) is 0 Å². The van der Waals surface area contributed by atoms with Crippen LogP contribution in [-0.4, -0.2) is 99.7 Å². The molecule has 29 heavy (non-hydrogen) atoms. The Kier molecular flexibility index (Phi) is 8.88. The topological polar surface area (TPSA) is 177 Å². The number of nitrogens with one attached hydrogen (secondary N) is 2. The molecule has 1 saturated heterocycles. The summed E-state index contributed by atoms with van der Waals surface area (Å²) in [5.41, 5.74) is 0.540. The van der Waals surface area contributed by atoms with Crippen molar-refractivity contribution in [2.24, 2.45) is 0 Å². The molecule has 2 amide bonds. The fourth-order valence-electron chi connectivity index (χ4n) is 2.78. The van der Waals surface area contributed by atoms with E-state index in [9.17, 15) is 24.9 Å². The maximum absolute atomic E-state index is 11.4. The molecule has 0 saturated carbocycles. The molecular weight excluding hydrogens is 390 g/mol. The van der Waals surface area contributed by atoms with Gasteiger partial charge in [-0.1, -0.05) is 5.21 Å². The highest BCUT2D eigenvalue weighted by atomic mass is 16.7. The predicted molar refractivity (Wildman–Crippen MR) is 95.1 cm³/mol. The van der Waals surface area contributed by atoms with Gasteiger partial charge in [-0.3, -0.25) is 9.59 Å². The average molecular weight is 417 g/mol. The molecule has 1 aliphatic heterocycles. The van der Waals surface area contributed by atoms with Crippen LogP contribution >= 0.6 is 0 Å². The van der Waals surface area contributed by atoms with Crippen molar-refractivity contribution in [3.8, 4) is 0 Å². The van der Waals surface area contributed by atoms with Crippen molar-refractivity contribution < 1.29 is 39.1 Å². The van der Waals surface area contributed by atoms with E-state index in [-0.39, 0.29) is 32.2 Å². The third-order valence-electron chi connectivity index (χ3n) is 4.18. The van der Waals surface area contributed by atoms with Crippen LogP contribution in [0.1, 0.15) is 12.6 Å². The first-order valence-electron chi connectivity index (χ1n) is 9.01. The Balaban J connectivity index is 1.87. The van der Waals surface area contributed by atoms with Crippen molar-refractivity contribution in [3.63, 3.8) is 0 Å². The number of aromatic nitrogens is 3. The van der Waals surface area contributed by atoms with Gasteiger partial charge in [-0.15, -0.1) is 5.10 Å².